The lowest BCUT2D eigenvalue weighted by atomic mass is 10.0. The third-order valence-corrected chi connectivity index (χ3v) is 4.74. The number of benzene rings is 3. The third-order valence-electron chi connectivity index (χ3n) is 4.48. The zero-order valence-electron chi connectivity index (χ0n) is 17.5. The molecule has 160 valence electrons. The van der Waals surface area contributed by atoms with Crippen LogP contribution in [0, 0.1) is 11.3 Å². The molecule has 0 saturated carbocycles. The summed E-state index contributed by atoms with van der Waals surface area (Å²) in [7, 11) is 3.09. The smallest absolute Gasteiger partial charge is 0.336 e. The van der Waals surface area contributed by atoms with Gasteiger partial charge in [-0.3, -0.25) is 0 Å². The van der Waals surface area contributed by atoms with Gasteiger partial charge in [0.05, 0.1) is 25.9 Å². The first-order valence-corrected chi connectivity index (χ1v) is 10.00. The maximum Gasteiger partial charge on any atom is 0.336 e. The van der Waals surface area contributed by atoms with E-state index in [0.29, 0.717) is 39.0 Å². The molecule has 0 unspecified atom stereocenters. The van der Waals surface area contributed by atoms with E-state index in [4.69, 9.17) is 25.8 Å². The Bertz CT molecular complexity index is 1210. The molecule has 0 saturated heterocycles. The summed E-state index contributed by atoms with van der Waals surface area (Å²) in [6.45, 7) is 0. The molecule has 0 fully saturated rings. The molecular formula is C26H20ClNO4. The van der Waals surface area contributed by atoms with Crippen LogP contribution >= 0.6 is 11.6 Å². The van der Waals surface area contributed by atoms with Crippen molar-refractivity contribution >= 4 is 35.3 Å². The van der Waals surface area contributed by atoms with E-state index in [0.717, 1.165) is 5.56 Å². The lowest BCUT2D eigenvalue weighted by molar-refractivity contribution is -0.128. The van der Waals surface area contributed by atoms with Gasteiger partial charge in [0.25, 0.3) is 0 Å². The molecule has 3 aromatic rings. The Morgan fingerprint density at radius 3 is 2.38 bits per heavy atom. The number of nitriles is 1. The van der Waals surface area contributed by atoms with Gasteiger partial charge in [-0.15, -0.1) is 0 Å². The summed E-state index contributed by atoms with van der Waals surface area (Å²) in [5.74, 6) is 0.964. The summed E-state index contributed by atoms with van der Waals surface area (Å²) in [5.41, 5.74) is 2.65. The first kappa shape index (κ1) is 22.7. The molecule has 0 radical (unpaired) electrons. The van der Waals surface area contributed by atoms with Crippen LogP contribution < -0.4 is 14.2 Å². The van der Waals surface area contributed by atoms with E-state index in [9.17, 15) is 10.1 Å². The average molecular weight is 446 g/mol. The number of carbonyl (C=O) groups is 1. The number of esters is 1. The molecule has 0 heterocycles. The molecule has 5 nitrogen and oxygen atoms in total. The molecule has 0 bridgehead atoms. The van der Waals surface area contributed by atoms with Crippen molar-refractivity contribution in [1.29, 1.82) is 5.26 Å². The van der Waals surface area contributed by atoms with Crippen molar-refractivity contribution in [1.82, 2.24) is 0 Å². The fraction of sp³-hybridized carbons (Fsp3) is 0.0769. The van der Waals surface area contributed by atoms with Crippen LogP contribution in [0.2, 0.25) is 5.02 Å². The second-order valence-electron chi connectivity index (χ2n) is 6.62. The first-order valence-electron chi connectivity index (χ1n) is 9.62. The van der Waals surface area contributed by atoms with Gasteiger partial charge in [-0.25, -0.2) is 4.79 Å². The van der Waals surface area contributed by atoms with Crippen molar-refractivity contribution < 1.29 is 19.0 Å². The molecule has 3 rings (SSSR count). The van der Waals surface area contributed by atoms with Gasteiger partial charge >= 0.3 is 5.97 Å². The fourth-order valence-corrected chi connectivity index (χ4v) is 3.03. The molecule has 0 aliphatic heterocycles. The van der Waals surface area contributed by atoms with Crippen LogP contribution in [0.4, 0.5) is 0 Å². The van der Waals surface area contributed by atoms with Crippen molar-refractivity contribution in [2.24, 2.45) is 0 Å². The highest BCUT2D eigenvalue weighted by Crippen LogP contribution is 2.31. The van der Waals surface area contributed by atoms with Crippen molar-refractivity contribution in [3.63, 3.8) is 0 Å². The number of methoxy groups -OCH3 is 2. The minimum Gasteiger partial charge on any atom is -0.493 e. The molecule has 0 atom stereocenters. The Labute approximate surface area is 191 Å². The highest BCUT2D eigenvalue weighted by atomic mass is 35.5. The molecule has 0 aromatic heterocycles. The zero-order valence-corrected chi connectivity index (χ0v) is 18.3. The van der Waals surface area contributed by atoms with Crippen molar-refractivity contribution in [3.05, 3.63) is 94.5 Å². The molecule has 0 spiro atoms. The number of ether oxygens (including phenoxy) is 3. The van der Waals surface area contributed by atoms with E-state index >= 15 is 0 Å². The largest absolute Gasteiger partial charge is 0.493 e. The van der Waals surface area contributed by atoms with Gasteiger partial charge in [0, 0.05) is 11.1 Å². The molecule has 32 heavy (non-hydrogen) atoms. The Hall–Kier alpha value is -4.01. The second kappa shape index (κ2) is 10.9. The van der Waals surface area contributed by atoms with Crippen LogP contribution in [0.15, 0.2) is 72.8 Å². The van der Waals surface area contributed by atoms with Crippen LogP contribution in [0.3, 0.4) is 0 Å². The lowest BCUT2D eigenvalue weighted by Gasteiger charge is -2.09. The molecular weight excluding hydrogens is 426 g/mol. The SMILES string of the molecule is COc1ccc(/C(C#N)=C\c2cccc(OC(=O)/C=C/c3ccc(Cl)cc3)c2)cc1OC. The van der Waals surface area contributed by atoms with Gasteiger partial charge in [-0.2, -0.15) is 5.26 Å². The number of hydrogen-bond acceptors (Lipinski definition) is 5. The minimum atomic E-state index is -0.513. The number of nitrogens with zero attached hydrogens (tertiary/aromatic N) is 1. The van der Waals surface area contributed by atoms with Crippen molar-refractivity contribution in [2.75, 3.05) is 14.2 Å². The van der Waals surface area contributed by atoms with Gasteiger partial charge in [-0.1, -0.05) is 35.9 Å². The van der Waals surface area contributed by atoms with Gasteiger partial charge in [-0.05, 0) is 71.3 Å². The molecule has 0 aliphatic rings. The third kappa shape index (κ3) is 6.00. The minimum absolute atomic E-state index is 0.370. The van der Waals surface area contributed by atoms with Crippen LogP contribution in [-0.2, 0) is 4.79 Å². The zero-order chi connectivity index (χ0) is 22.9. The number of hydrogen-bond donors (Lipinski definition) is 0. The van der Waals surface area contributed by atoms with E-state index in [-0.39, 0.29) is 0 Å². The van der Waals surface area contributed by atoms with Gasteiger partial charge in [0.2, 0.25) is 0 Å². The Kier molecular flexibility index (Phi) is 7.69. The van der Waals surface area contributed by atoms with Crippen LogP contribution in [0.5, 0.6) is 17.2 Å². The van der Waals surface area contributed by atoms with Gasteiger partial charge in [0.1, 0.15) is 5.75 Å². The molecule has 0 amide bonds. The standard InChI is InChI=1S/C26H20ClNO4/c1-30-24-12-9-20(16-25(24)31-2)21(17-28)14-19-4-3-5-23(15-19)32-26(29)13-8-18-6-10-22(27)11-7-18/h3-16H,1-2H3/b13-8+,21-14-. The summed E-state index contributed by atoms with van der Waals surface area (Å²) in [4.78, 5) is 12.2. The van der Waals surface area contributed by atoms with E-state index < -0.39 is 5.97 Å². The summed E-state index contributed by atoms with van der Waals surface area (Å²) in [5, 5.41) is 10.3. The molecule has 6 heteroatoms. The summed E-state index contributed by atoms with van der Waals surface area (Å²) >= 11 is 5.86. The van der Waals surface area contributed by atoms with E-state index in [1.807, 2.05) is 6.07 Å². The van der Waals surface area contributed by atoms with E-state index in [1.165, 1.54) is 13.2 Å². The van der Waals surface area contributed by atoms with E-state index in [1.54, 1.807) is 79.9 Å². The van der Waals surface area contributed by atoms with Crippen LogP contribution in [0.25, 0.3) is 17.7 Å². The van der Waals surface area contributed by atoms with Crippen LogP contribution in [0.1, 0.15) is 16.7 Å². The molecule has 0 N–H and O–H groups in total. The Morgan fingerprint density at radius 2 is 1.69 bits per heavy atom. The van der Waals surface area contributed by atoms with Crippen LogP contribution in [-0.4, -0.2) is 20.2 Å². The summed E-state index contributed by atoms with van der Waals surface area (Å²) in [6.07, 6.45) is 4.70. The number of rotatable bonds is 7. The highest BCUT2D eigenvalue weighted by molar-refractivity contribution is 6.30. The second-order valence-corrected chi connectivity index (χ2v) is 7.05. The number of allylic oxidation sites excluding steroid dienone is 1. The molecule has 3 aromatic carbocycles. The molecule has 0 aliphatic carbocycles. The number of halogens is 1. The van der Waals surface area contributed by atoms with Crippen molar-refractivity contribution in [2.45, 2.75) is 0 Å². The van der Waals surface area contributed by atoms with Crippen molar-refractivity contribution in [3.8, 4) is 23.3 Å². The first-order chi connectivity index (χ1) is 15.5. The van der Waals surface area contributed by atoms with Gasteiger partial charge < -0.3 is 14.2 Å². The lowest BCUT2D eigenvalue weighted by Crippen LogP contribution is -2.03. The maximum atomic E-state index is 12.2. The highest BCUT2D eigenvalue weighted by Gasteiger charge is 2.09. The topological polar surface area (TPSA) is 68.5 Å². The summed E-state index contributed by atoms with van der Waals surface area (Å²) in [6, 6.07) is 21.5. The summed E-state index contributed by atoms with van der Waals surface area (Å²) < 4.78 is 15.9. The predicted octanol–water partition coefficient (Wildman–Crippen LogP) is 6.04. The number of carbonyl (C=O) groups excluding carboxylic acids is 1. The normalized spacial score (nSPS) is 11.1. The van der Waals surface area contributed by atoms with E-state index in [2.05, 4.69) is 6.07 Å². The Morgan fingerprint density at radius 1 is 0.938 bits per heavy atom. The Balaban J connectivity index is 1.77. The maximum absolute atomic E-state index is 12.2. The fourth-order valence-electron chi connectivity index (χ4n) is 2.91. The van der Waals surface area contributed by atoms with Gasteiger partial charge in [0.15, 0.2) is 11.5 Å². The average Bonchev–Trinajstić information content (AvgIpc) is 2.82. The monoisotopic (exact) mass is 445 g/mol. The predicted molar refractivity (Wildman–Crippen MR) is 126 cm³/mol. The quantitative estimate of drug-likeness (QED) is 0.146.